The minimum absolute atomic E-state index is 0.358. The average molecular weight is 330 g/mol. The Balaban J connectivity index is 2.10. The average Bonchev–Trinajstić information content (AvgIpc) is 2.94. The maximum absolute atomic E-state index is 6.30. The van der Waals surface area contributed by atoms with Crippen molar-refractivity contribution in [3.8, 4) is 17.1 Å². The molecule has 0 aliphatic carbocycles. The summed E-state index contributed by atoms with van der Waals surface area (Å²) in [5.41, 5.74) is 1.23. The first-order valence-corrected chi connectivity index (χ1v) is 6.62. The molecular formula is C11H7Cl3N6. The first kappa shape index (κ1) is 13.4. The van der Waals surface area contributed by atoms with Gasteiger partial charge in [-0.2, -0.15) is 9.90 Å². The van der Waals surface area contributed by atoms with Crippen molar-refractivity contribution in [1.82, 2.24) is 30.0 Å². The van der Waals surface area contributed by atoms with E-state index in [2.05, 4.69) is 20.5 Å². The third-order valence-corrected chi connectivity index (χ3v) is 3.35. The number of aryl methyl sites for hydroxylation is 1. The van der Waals surface area contributed by atoms with Crippen LogP contribution < -0.4 is 0 Å². The molecule has 6 nitrogen and oxygen atoms in total. The molecule has 0 aliphatic rings. The molecule has 1 aromatic carbocycles. The Morgan fingerprint density at radius 1 is 1.05 bits per heavy atom. The summed E-state index contributed by atoms with van der Waals surface area (Å²) in [6.07, 6.45) is 1.56. The van der Waals surface area contributed by atoms with E-state index in [1.807, 2.05) is 0 Å². The molecule has 0 unspecified atom stereocenters. The van der Waals surface area contributed by atoms with Crippen LogP contribution in [0.15, 0.2) is 24.4 Å². The molecule has 20 heavy (non-hydrogen) atoms. The maximum Gasteiger partial charge on any atom is 0.209 e. The first-order valence-electron chi connectivity index (χ1n) is 5.49. The van der Waals surface area contributed by atoms with Gasteiger partial charge in [0.05, 0.1) is 24.5 Å². The molecule has 2 heterocycles. The Morgan fingerprint density at radius 2 is 1.75 bits per heavy atom. The predicted octanol–water partition coefficient (Wildman–Crippen LogP) is 3.02. The standard InChI is InChI=1S/C11H7Cl3N6/c1-19-17-11(16-18-19)9-5-15-20(10(9)14)8-3-6(12)2-7(13)4-8/h2-5H,1H3. The zero-order valence-corrected chi connectivity index (χ0v) is 12.4. The third kappa shape index (κ3) is 2.37. The maximum atomic E-state index is 6.30. The Bertz CT molecular complexity index is 758. The van der Waals surface area contributed by atoms with Gasteiger partial charge in [0, 0.05) is 10.0 Å². The van der Waals surface area contributed by atoms with E-state index < -0.39 is 0 Å². The van der Waals surface area contributed by atoms with Gasteiger partial charge in [-0.25, -0.2) is 4.68 Å². The monoisotopic (exact) mass is 328 g/mol. The summed E-state index contributed by atoms with van der Waals surface area (Å²) < 4.78 is 1.50. The van der Waals surface area contributed by atoms with E-state index in [1.54, 1.807) is 31.4 Å². The molecule has 9 heteroatoms. The highest BCUT2D eigenvalue weighted by Gasteiger charge is 2.16. The van der Waals surface area contributed by atoms with Crippen LogP contribution in [0, 0.1) is 0 Å². The molecule has 102 valence electrons. The lowest BCUT2D eigenvalue weighted by Gasteiger charge is -2.04. The number of nitrogens with zero attached hydrogens (tertiary/aromatic N) is 6. The van der Waals surface area contributed by atoms with Crippen LogP contribution in [0.25, 0.3) is 17.1 Å². The summed E-state index contributed by atoms with van der Waals surface area (Å²) in [6, 6.07) is 5.05. The van der Waals surface area contributed by atoms with Crippen molar-refractivity contribution in [3.63, 3.8) is 0 Å². The number of hydrogen-bond donors (Lipinski definition) is 0. The molecule has 3 rings (SSSR count). The van der Waals surface area contributed by atoms with E-state index in [4.69, 9.17) is 34.8 Å². The predicted molar refractivity (Wildman–Crippen MR) is 76.4 cm³/mol. The summed E-state index contributed by atoms with van der Waals surface area (Å²) in [5, 5.41) is 17.3. The third-order valence-electron chi connectivity index (χ3n) is 2.55. The number of halogens is 3. The quantitative estimate of drug-likeness (QED) is 0.725. The van der Waals surface area contributed by atoms with Crippen molar-refractivity contribution < 1.29 is 0 Å². The Hall–Kier alpha value is -1.63. The molecule has 0 saturated heterocycles. The minimum atomic E-state index is 0.358. The molecule has 0 atom stereocenters. The fraction of sp³-hybridized carbons (Fsp3) is 0.0909. The number of benzene rings is 1. The zero-order valence-electron chi connectivity index (χ0n) is 10.1. The van der Waals surface area contributed by atoms with E-state index in [0.717, 1.165) is 0 Å². The Kier molecular flexibility index (Phi) is 3.37. The molecule has 3 aromatic rings. The molecule has 0 amide bonds. The molecule has 0 radical (unpaired) electrons. The van der Waals surface area contributed by atoms with Crippen molar-refractivity contribution in [3.05, 3.63) is 39.6 Å². The minimum Gasteiger partial charge on any atom is -0.221 e. The van der Waals surface area contributed by atoms with Crippen LogP contribution in [0.3, 0.4) is 0 Å². The van der Waals surface area contributed by atoms with Crippen molar-refractivity contribution in [2.45, 2.75) is 0 Å². The summed E-state index contributed by atoms with van der Waals surface area (Å²) in [7, 11) is 1.67. The lowest BCUT2D eigenvalue weighted by molar-refractivity contribution is 0.630. The van der Waals surface area contributed by atoms with Crippen molar-refractivity contribution in [2.24, 2.45) is 7.05 Å². The van der Waals surface area contributed by atoms with Crippen molar-refractivity contribution >= 4 is 34.8 Å². The Morgan fingerprint density at radius 3 is 2.35 bits per heavy atom. The largest absolute Gasteiger partial charge is 0.221 e. The van der Waals surface area contributed by atoms with E-state index >= 15 is 0 Å². The fourth-order valence-corrected chi connectivity index (χ4v) is 2.51. The van der Waals surface area contributed by atoms with Crippen LogP contribution in [0.1, 0.15) is 0 Å². The highest BCUT2D eigenvalue weighted by molar-refractivity contribution is 6.35. The van der Waals surface area contributed by atoms with Gasteiger partial charge in [-0.3, -0.25) is 0 Å². The lowest BCUT2D eigenvalue weighted by Crippen LogP contribution is -1.96. The van der Waals surface area contributed by atoms with Crippen molar-refractivity contribution in [1.29, 1.82) is 0 Å². The van der Waals surface area contributed by atoms with Crippen LogP contribution in [-0.4, -0.2) is 30.0 Å². The van der Waals surface area contributed by atoms with E-state index in [1.165, 1.54) is 9.48 Å². The highest BCUT2D eigenvalue weighted by atomic mass is 35.5. The second kappa shape index (κ2) is 5.05. The summed E-state index contributed by atoms with van der Waals surface area (Å²) in [6.45, 7) is 0. The smallest absolute Gasteiger partial charge is 0.209 e. The van der Waals surface area contributed by atoms with E-state index in [9.17, 15) is 0 Å². The summed E-state index contributed by atoms with van der Waals surface area (Å²) in [5.74, 6) is 0.400. The van der Waals surface area contributed by atoms with Gasteiger partial charge in [-0.1, -0.05) is 34.8 Å². The van der Waals surface area contributed by atoms with Gasteiger partial charge < -0.3 is 0 Å². The number of aromatic nitrogens is 6. The van der Waals surface area contributed by atoms with Crippen LogP contribution in [0.4, 0.5) is 0 Å². The number of hydrogen-bond acceptors (Lipinski definition) is 4. The molecular weight excluding hydrogens is 323 g/mol. The molecule has 0 bridgehead atoms. The van der Waals surface area contributed by atoms with Gasteiger partial charge in [0.2, 0.25) is 5.82 Å². The van der Waals surface area contributed by atoms with Crippen LogP contribution in [-0.2, 0) is 7.05 Å². The van der Waals surface area contributed by atoms with Crippen LogP contribution in [0.2, 0.25) is 15.2 Å². The lowest BCUT2D eigenvalue weighted by atomic mass is 10.3. The van der Waals surface area contributed by atoms with E-state index in [-0.39, 0.29) is 0 Å². The van der Waals surface area contributed by atoms with Gasteiger partial charge >= 0.3 is 0 Å². The molecule has 0 saturated carbocycles. The van der Waals surface area contributed by atoms with Crippen LogP contribution in [0.5, 0.6) is 0 Å². The fourth-order valence-electron chi connectivity index (χ4n) is 1.72. The molecule has 0 N–H and O–H groups in total. The molecule has 0 spiro atoms. The van der Waals surface area contributed by atoms with Gasteiger partial charge in [-0.05, 0) is 23.4 Å². The summed E-state index contributed by atoms with van der Waals surface area (Å²) >= 11 is 18.3. The zero-order chi connectivity index (χ0) is 14.3. The van der Waals surface area contributed by atoms with Gasteiger partial charge in [0.15, 0.2) is 0 Å². The Labute approximate surface area is 128 Å². The second-order valence-electron chi connectivity index (χ2n) is 3.99. The second-order valence-corrected chi connectivity index (χ2v) is 5.22. The number of tetrazole rings is 1. The van der Waals surface area contributed by atoms with Crippen molar-refractivity contribution in [2.75, 3.05) is 0 Å². The molecule has 2 aromatic heterocycles. The van der Waals surface area contributed by atoms with Gasteiger partial charge in [-0.15, -0.1) is 10.2 Å². The first-order chi connectivity index (χ1) is 9.54. The normalized spacial score (nSPS) is 11.0. The molecule has 0 fully saturated rings. The van der Waals surface area contributed by atoms with E-state index in [0.29, 0.717) is 32.3 Å². The van der Waals surface area contributed by atoms with Gasteiger partial charge in [0.25, 0.3) is 0 Å². The SMILES string of the molecule is Cn1nnc(-c2cnn(-c3cc(Cl)cc(Cl)c3)c2Cl)n1. The topological polar surface area (TPSA) is 61.4 Å². The molecule has 0 aliphatic heterocycles. The summed E-state index contributed by atoms with van der Waals surface area (Å²) in [4.78, 5) is 1.35. The number of rotatable bonds is 2. The van der Waals surface area contributed by atoms with Crippen LogP contribution >= 0.6 is 34.8 Å². The highest BCUT2D eigenvalue weighted by Crippen LogP contribution is 2.29. The van der Waals surface area contributed by atoms with Gasteiger partial charge in [0.1, 0.15) is 5.15 Å².